The number of aliphatic hydroxyl groups excluding tert-OH is 1. The summed E-state index contributed by atoms with van der Waals surface area (Å²) in [7, 11) is -2.94. The van der Waals surface area contributed by atoms with Gasteiger partial charge in [0, 0.05) is 10.2 Å². The van der Waals surface area contributed by atoms with Crippen LogP contribution in [0.5, 0.6) is 0 Å². The molecule has 1 aromatic carbocycles. The first kappa shape index (κ1) is 15.7. The fraction of sp³-hybridized carbons (Fsp3) is 0.538. The van der Waals surface area contributed by atoms with Crippen LogP contribution in [0.2, 0.25) is 0 Å². The summed E-state index contributed by atoms with van der Waals surface area (Å²) < 4.78 is 23.7. The highest BCUT2D eigenvalue weighted by atomic mass is 79.9. The van der Waals surface area contributed by atoms with E-state index >= 15 is 0 Å². The van der Waals surface area contributed by atoms with Gasteiger partial charge in [-0.2, -0.15) is 0 Å². The summed E-state index contributed by atoms with van der Waals surface area (Å²) >= 11 is 3.42. The first-order valence-corrected chi connectivity index (χ1v) is 8.62. The van der Waals surface area contributed by atoms with E-state index in [0.29, 0.717) is 12.8 Å². The molecule has 0 saturated carbocycles. The molecule has 0 fully saturated rings. The Morgan fingerprint density at radius 3 is 2.67 bits per heavy atom. The minimum atomic E-state index is -2.94. The zero-order valence-electron chi connectivity index (χ0n) is 10.7. The fourth-order valence-corrected chi connectivity index (χ4v) is 3.06. The fourth-order valence-electron chi connectivity index (χ4n) is 1.78. The maximum Gasteiger partial charge on any atom is 0.150 e. The molecule has 0 heterocycles. The molecule has 0 aliphatic heterocycles. The number of aliphatic hydroxyl groups is 1. The zero-order chi connectivity index (χ0) is 13.8. The molecule has 18 heavy (non-hydrogen) atoms. The van der Waals surface area contributed by atoms with E-state index in [1.165, 1.54) is 0 Å². The van der Waals surface area contributed by atoms with Gasteiger partial charge in [0.25, 0.3) is 0 Å². The minimum absolute atomic E-state index is 0.146. The van der Waals surface area contributed by atoms with Crippen LogP contribution in [0.15, 0.2) is 22.7 Å². The van der Waals surface area contributed by atoms with Crippen molar-refractivity contribution in [3.05, 3.63) is 33.8 Å². The van der Waals surface area contributed by atoms with E-state index in [2.05, 4.69) is 15.9 Å². The second kappa shape index (κ2) is 6.68. The van der Waals surface area contributed by atoms with Gasteiger partial charge in [0.1, 0.15) is 9.84 Å². The third kappa shape index (κ3) is 4.37. The molecule has 0 bridgehead atoms. The summed E-state index contributed by atoms with van der Waals surface area (Å²) in [5.41, 5.74) is 1.86. The highest BCUT2D eigenvalue weighted by molar-refractivity contribution is 9.10. The summed E-state index contributed by atoms with van der Waals surface area (Å²) in [5.74, 6) is 0.312. The smallest absolute Gasteiger partial charge is 0.150 e. The van der Waals surface area contributed by atoms with Crippen molar-refractivity contribution in [1.29, 1.82) is 0 Å². The van der Waals surface area contributed by atoms with E-state index in [1.807, 2.05) is 25.1 Å². The first-order chi connectivity index (χ1) is 8.37. The molecule has 1 N–H and O–H groups in total. The highest BCUT2D eigenvalue weighted by Gasteiger charge is 2.14. The molecule has 0 aliphatic rings. The third-order valence-electron chi connectivity index (χ3n) is 3.04. The van der Waals surface area contributed by atoms with Crippen LogP contribution < -0.4 is 0 Å². The molecule has 5 heteroatoms. The summed E-state index contributed by atoms with van der Waals surface area (Å²) in [5, 5.41) is 10.1. The van der Waals surface area contributed by atoms with E-state index in [-0.39, 0.29) is 11.5 Å². The molecule has 0 aromatic heterocycles. The van der Waals surface area contributed by atoms with Gasteiger partial charge >= 0.3 is 0 Å². The van der Waals surface area contributed by atoms with E-state index in [0.717, 1.165) is 15.6 Å². The van der Waals surface area contributed by atoms with Gasteiger partial charge in [-0.1, -0.05) is 35.0 Å². The van der Waals surface area contributed by atoms with Crippen molar-refractivity contribution < 1.29 is 13.5 Å². The Kier molecular flexibility index (Phi) is 5.82. The Bertz CT molecular complexity index is 497. The van der Waals surface area contributed by atoms with E-state index in [1.54, 1.807) is 6.92 Å². The van der Waals surface area contributed by atoms with Gasteiger partial charge in [-0.3, -0.25) is 0 Å². The number of hydrogen-bond donors (Lipinski definition) is 1. The highest BCUT2D eigenvalue weighted by Crippen LogP contribution is 2.27. The maximum absolute atomic E-state index is 11.3. The Balaban J connectivity index is 2.61. The molecule has 1 rings (SSSR count). The van der Waals surface area contributed by atoms with Gasteiger partial charge in [0.05, 0.1) is 11.9 Å². The number of benzene rings is 1. The van der Waals surface area contributed by atoms with Gasteiger partial charge < -0.3 is 5.11 Å². The SMILES string of the molecule is CCS(=O)(=O)CCCC(O)c1cccc(Br)c1C. The molecule has 1 aromatic rings. The largest absolute Gasteiger partial charge is 0.388 e. The number of sulfone groups is 1. The third-order valence-corrected chi connectivity index (χ3v) is 5.69. The normalized spacial score (nSPS) is 13.6. The van der Waals surface area contributed by atoms with Crippen molar-refractivity contribution >= 4 is 25.8 Å². The van der Waals surface area contributed by atoms with Crippen molar-refractivity contribution in [3.63, 3.8) is 0 Å². The molecule has 0 saturated heterocycles. The summed E-state index contributed by atoms with van der Waals surface area (Å²) in [4.78, 5) is 0. The lowest BCUT2D eigenvalue weighted by atomic mass is 10.0. The quantitative estimate of drug-likeness (QED) is 0.869. The molecule has 0 radical (unpaired) electrons. The van der Waals surface area contributed by atoms with E-state index in [9.17, 15) is 13.5 Å². The Hall–Kier alpha value is -0.390. The van der Waals surface area contributed by atoms with Crippen molar-refractivity contribution in [1.82, 2.24) is 0 Å². The minimum Gasteiger partial charge on any atom is -0.388 e. The Morgan fingerprint density at radius 2 is 2.06 bits per heavy atom. The molecule has 1 unspecified atom stereocenters. The summed E-state index contributed by atoms with van der Waals surface area (Å²) in [6.07, 6.45) is 0.356. The van der Waals surface area contributed by atoms with Crippen LogP contribution in [0.25, 0.3) is 0 Å². The number of rotatable bonds is 6. The van der Waals surface area contributed by atoms with Gasteiger partial charge in [-0.25, -0.2) is 8.42 Å². The van der Waals surface area contributed by atoms with E-state index < -0.39 is 15.9 Å². The monoisotopic (exact) mass is 334 g/mol. The number of halogens is 1. The lowest BCUT2D eigenvalue weighted by molar-refractivity contribution is 0.166. The standard InChI is InChI=1S/C13H19BrO3S/c1-3-18(16,17)9-5-8-13(15)11-6-4-7-12(14)10(11)2/h4,6-7,13,15H,3,5,8-9H2,1-2H3. The molecule has 0 spiro atoms. The average molecular weight is 335 g/mol. The molecular formula is C13H19BrO3S. The van der Waals surface area contributed by atoms with Gasteiger partial charge in [0.2, 0.25) is 0 Å². The lowest BCUT2D eigenvalue weighted by Gasteiger charge is -2.14. The van der Waals surface area contributed by atoms with Crippen LogP contribution in [0, 0.1) is 6.92 Å². The Labute approximate surface area is 117 Å². The predicted octanol–water partition coefficient (Wildman–Crippen LogP) is 3.01. The predicted molar refractivity (Wildman–Crippen MR) is 77.4 cm³/mol. The van der Waals surface area contributed by atoms with Gasteiger partial charge in [-0.05, 0) is 37.0 Å². The molecule has 102 valence electrons. The van der Waals surface area contributed by atoms with Gasteiger partial charge in [-0.15, -0.1) is 0 Å². The van der Waals surface area contributed by atoms with Crippen molar-refractivity contribution in [2.24, 2.45) is 0 Å². The van der Waals surface area contributed by atoms with Crippen LogP contribution in [0.4, 0.5) is 0 Å². The van der Waals surface area contributed by atoms with E-state index in [4.69, 9.17) is 0 Å². The van der Waals surface area contributed by atoms with Gasteiger partial charge in [0.15, 0.2) is 0 Å². The van der Waals surface area contributed by atoms with Crippen molar-refractivity contribution in [3.8, 4) is 0 Å². The molecule has 1 atom stereocenters. The Morgan fingerprint density at radius 1 is 1.39 bits per heavy atom. The molecule has 0 aliphatic carbocycles. The summed E-state index contributed by atoms with van der Waals surface area (Å²) in [6, 6.07) is 5.67. The van der Waals surface area contributed by atoms with Crippen LogP contribution in [0.1, 0.15) is 37.0 Å². The van der Waals surface area contributed by atoms with Crippen molar-refractivity contribution in [2.75, 3.05) is 11.5 Å². The second-order valence-corrected chi connectivity index (χ2v) is 7.68. The maximum atomic E-state index is 11.3. The van der Waals surface area contributed by atoms with Crippen LogP contribution >= 0.6 is 15.9 Å². The zero-order valence-corrected chi connectivity index (χ0v) is 13.1. The molecule has 0 amide bonds. The lowest BCUT2D eigenvalue weighted by Crippen LogP contribution is -2.10. The topological polar surface area (TPSA) is 54.4 Å². The van der Waals surface area contributed by atoms with Crippen molar-refractivity contribution in [2.45, 2.75) is 32.8 Å². The first-order valence-electron chi connectivity index (χ1n) is 6.01. The van der Waals surface area contributed by atoms with Crippen LogP contribution in [-0.2, 0) is 9.84 Å². The van der Waals surface area contributed by atoms with Crippen LogP contribution in [0.3, 0.4) is 0 Å². The summed E-state index contributed by atoms with van der Waals surface area (Å²) in [6.45, 7) is 3.58. The van der Waals surface area contributed by atoms with Crippen LogP contribution in [-0.4, -0.2) is 25.0 Å². The average Bonchev–Trinajstić information content (AvgIpc) is 2.32. The molecule has 3 nitrogen and oxygen atoms in total. The second-order valence-electron chi connectivity index (χ2n) is 4.35. The molecular weight excluding hydrogens is 316 g/mol. The number of hydrogen-bond acceptors (Lipinski definition) is 3.